The number of hydrogen-bond donors (Lipinski definition) is 1. The number of rotatable bonds is 6. The van der Waals surface area contributed by atoms with E-state index in [1.807, 2.05) is 6.07 Å². The van der Waals surface area contributed by atoms with Crippen molar-refractivity contribution < 1.29 is 9.90 Å². The van der Waals surface area contributed by atoms with Gasteiger partial charge in [-0.25, -0.2) is 9.78 Å². The quantitative estimate of drug-likeness (QED) is 0.865. The number of carbonyl (C=O) groups is 1. The third-order valence-electron chi connectivity index (χ3n) is 4.51. The van der Waals surface area contributed by atoms with Gasteiger partial charge in [-0.2, -0.15) is 0 Å². The third kappa shape index (κ3) is 2.67. The van der Waals surface area contributed by atoms with Gasteiger partial charge in [0.25, 0.3) is 0 Å². The van der Waals surface area contributed by atoms with Crippen LogP contribution in [0.1, 0.15) is 63.1 Å². The lowest BCUT2D eigenvalue weighted by Gasteiger charge is -2.31. The molecule has 2 rings (SSSR count). The van der Waals surface area contributed by atoms with Gasteiger partial charge in [0.2, 0.25) is 0 Å². The molecular formula is C17H24N2O2. The Morgan fingerprint density at radius 2 is 1.95 bits per heavy atom. The second-order valence-electron chi connectivity index (χ2n) is 5.83. The topological polar surface area (TPSA) is 55.1 Å². The van der Waals surface area contributed by atoms with E-state index in [0.717, 1.165) is 42.5 Å². The number of carboxylic acids is 1. The van der Waals surface area contributed by atoms with Crippen molar-refractivity contribution in [3.63, 3.8) is 0 Å². The van der Waals surface area contributed by atoms with Crippen molar-refractivity contribution in [3.05, 3.63) is 29.6 Å². The molecule has 1 aromatic carbocycles. The minimum absolute atomic E-state index is 0.0179. The van der Waals surface area contributed by atoms with E-state index in [9.17, 15) is 4.79 Å². The van der Waals surface area contributed by atoms with Crippen molar-refractivity contribution >= 4 is 17.0 Å². The fraction of sp³-hybridized carbons (Fsp3) is 0.529. The summed E-state index contributed by atoms with van der Waals surface area (Å²) in [5, 5.41) is 9.14. The predicted molar refractivity (Wildman–Crippen MR) is 84.9 cm³/mol. The number of imidazole rings is 1. The van der Waals surface area contributed by atoms with Gasteiger partial charge in [0, 0.05) is 12.0 Å². The molecule has 0 fully saturated rings. The van der Waals surface area contributed by atoms with Crippen molar-refractivity contribution in [2.45, 2.75) is 58.9 Å². The van der Waals surface area contributed by atoms with Gasteiger partial charge < -0.3 is 9.67 Å². The van der Waals surface area contributed by atoms with E-state index in [1.54, 1.807) is 12.1 Å². The van der Waals surface area contributed by atoms with E-state index in [1.165, 1.54) is 0 Å². The Morgan fingerprint density at radius 3 is 2.48 bits per heavy atom. The van der Waals surface area contributed by atoms with Crippen LogP contribution in [-0.4, -0.2) is 20.6 Å². The van der Waals surface area contributed by atoms with Crippen LogP contribution in [0.3, 0.4) is 0 Å². The summed E-state index contributed by atoms with van der Waals surface area (Å²) in [5.41, 5.74) is 2.13. The summed E-state index contributed by atoms with van der Waals surface area (Å²) in [6, 6.07) is 5.25. The Hall–Kier alpha value is -1.84. The molecule has 0 radical (unpaired) electrons. The van der Waals surface area contributed by atoms with E-state index in [0.29, 0.717) is 5.56 Å². The summed E-state index contributed by atoms with van der Waals surface area (Å²) in [6.07, 6.45) is 3.98. The van der Waals surface area contributed by atoms with E-state index in [4.69, 9.17) is 10.1 Å². The standard InChI is InChI=1S/C17H24N2O2/c1-5-8-15-18-13-11-12(16(20)21)9-10-14(13)19(15)17(4,6-2)7-3/h9-11H,5-8H2,1-4H3,(H,20,21). The monoisotopic (exact) mass is 288 g/mol. The summed E-state index contributed by atoms with van der Waals surface area (Å²) < 4.78 is 2.32. The highest BCUT2D eigenvalue weighted by molar-refractivity contribution is 5.92. The Balaban J connectivity index is 2.71. The Labute approximate surface area is 125 Å². The maximum atomic E-state index is 11.1. The van der Waals surface area contributed by atoms with Crippen molar-refractivity contribution in [2.24, 2.45) is 0 Å². The maximum Gasteiger partial charge on any atom is 0.335 e. The van der Waals surface area contributed by atoms with Gasteiger partial charge in [-0.05, 0) is 44.4 Å². The average Bonchev–Trinajstić information content (AvgIpc) is 2.84. The SMILES string of the molecule is CCCc1nc2cc(C(=O)O)ccc2n1C(C)(CC)CC. The van der Waals surface area contributed by atoms with E-state index < -0.39 is 5.97 Å². The molecule has 2 aromatic rings. The van der Waals surface area contributed by atoms with Gasteiger partial charge in [-0.15, -0.1) is 0 Å². The zero-order chi connectivity index (χ0) is 15.6. The molecule has 0 bridgehead atoms. The number of nitrogens with zero attached hydrogens (tertiary/aromatic N) is 2. The second kappa shape index (κ2) is 5.88. The van der Waals surface area contributed by atoms with Crippen LogP contribution in [0.15, 0.2) is 18.2 Å². The molecule has 0 spiro atoms. The number of aryl methyl sites for hydroxylation is 1. The molecule has 1 aromatic heterocycles. The highest BCUT2D eigenvalue weighted by Gasteiger charge is 2.27. The zero-order valence-corrected chi connectivity index (χ0v) is 13.3. The van der Waals surface area contributed by atoms with E-state index in [2.05, 4.69) is 32.3 Å². The first-order chi connectivity index (χ1) is 9.96. The molecular weight excluding hydrogens is 264 g/mol. The predicted octanol–water partition coefficient (Wildman–Crippen LogP) is 4.22. The van der Waals surface area contributed by atoms with Crippen LogP contribution in [0.4, 0.5) is 0 Å². The average molecular weight is 288 g/mol. The first-order valence-corrected chi connectivity index (χ1v) is 7.72. The molecule has 4 nitrogen and oxygen atoms in total. The van der Waals surface area contributed by atoms with Crippen LogP contribution in [-0.2, 0) is 12.0 Å². The smallest absolute Gasteiger partial charge is 0.335 e. The fourth-order valence-electron chi connectivity index (χ4n) is 2.82. The summed E-state index contributed by atoms with van der Waals surface area (Å²) in [7, 11) is 0. The normalized spacial score (nSPS) is 12.0. The summed E-state index contributed by atoms with van der Waals surface area (Å²) in [5.74, 6) is 0.151. The van der Waals surface area contributed by atoms with Gasteiger partial charge in [0.05, 0.1) is 16.6 Å². The van der Waals surface area contributed by atoms with E-state index >= 15 is 0 Å². The number of hydrogen-bond acceptors (Lipinski definition) is 2. The zero-order valence-electron chi connectivity index (χ0n) is 13.3. The van der Waals surface area contributed by atoms with Gasteiger partial charge in [-0.3, -0.25) is 0 Å². The number of aromatic carboxylic acids is 1. The number of benzene rings is 1. The first kappa shape index (κ1) is 15.5. The van der Waals surface area contributed by atoms with Crippen molar-refractivity contribution in [1.82, 2.24) is 9.55 Å². The van der Waals surface area contributed by atoms with Crippen LogP contribution in [0, 0.1) is 0 Å². The first-order valence-electron chi connectivity index (χ1n) is 7.72. The van der Waals surface area contributed by atoms with Crippen LogP contribution in [0.2, 0.25) is 0 Å². The van der Waals surface area contributed by atoms with Gasteiger partial charge >= 0.3 is 5.97 Å². The van der Waals surface area contributed by atoms with Gasteiger partial charge in [0.15, 0.2) is 0 Å². The number of fused-ring (bicyclic) bond motifs is 1. The highest BCUT2D eigenvalue weighted by atomic mass is 16.4. The molecule has 0 aliphatic rings. The largest absolute Gasteiger partial charge is 0.478 e. The Morgan fingerprint density at radius 1 is 1.29 bits per heavy atom. The van der Waals surface area contributed by atoms with Crippen molar-refractivity contribution in [2.75, 3.05) is 0 Å². The lowest BCUT2D eigenvalue weighted by atomic mass is 9.94. The lowest BCUT2D eigenvalue weighted by molar-refractivity contribution is 0.0697. The molecule has 0 aliphatic heterocycles. The van der Waals surface area contributed by atoms with Crippen LogP contribution < -0.4 is 0 Å². The molecule has 0 saturated heterocycles. The van der Waals surface area contributed by atoms with Crippen LogP contribution >= 0.6 is 0 Å². The Kier molecular flexibility index (Phi) is 4.35. The summed E-state index contributed by atoms with van der Waals surface area (Å²) in [6.45, 7) is 8.77. The molecule has 0 saturated carbocycles. The van der Waals surface area contributed by atoms with Gasteiger partial charge in [-0.1, -0.05) is 20.8 Å². The molecule has 0 amide bonds. The molecule has 0 unspecified atom stereocenters. The third-order valence-corrected chi connectivity index (χ3v) is 4.51. The maximum absolute atomic E-state index is 11.1. The van der Waals surface area contributed by atoms with Crippen molar-refractivity contribution in [1.29, 1.82) is 0 Å². The van der Waals surface area contributed by atoms with Gasteiger partial charge in [0.1, 0.15) is 5.82 Å². The minimum Gasteiger partial charge on any atom is -0.478 e. The van der Waals surface area contributed by atoms with Crippen LogP contribution in [0.25, 0.3) is 11.0 Å². The fourth-order valence-corrected chi connectivity index (χ4v) is 2.82. The van der Waals surface area contributed by atoms with Crippen LogP contribution in [0.5, 0.6) is 0 Å². The number of carboxylic acid groups (broad SMARTS) is 1. The number of aromatic nitrogens is 2. The molecule has 0 atom stereocenters. The second-order valence-corrected chi connectivity index (χ2v) is 5.83. The molecule has 21 heavy (non-hydrogen) atoms. The lowest BCUT2D eigenvalue weighted by Crippen LogP contribution is -2.30. The Bertz CT molecular complexity index is 654. The summed E-state index contributed by atoms with van der Waals surface area (Å²) in [4.78, 5) is 15.8. The molecule has 0 aliphatic carbocycles. The molecule has 1 heterocycles. The highest BCUT2D eigenvalue weighted by Crippen LogP contribution is 2.32. The molecule has 114 valence electrons. The molecule has 4 heteroatoms. The minimum atomic E-state index is -0.905. The summed E-state index contributed by atoms with van der Waals surface area (Å²) >= 11 is 0. The van der Waals surface area contributed by atoms with Crippen molar-refractivity contribution in [3.8, 4) is 0 Å². The molecule has 1 N–H and O–H groups in total. The van der Waals surface area contributed by atoms with E-state index in [-0.39, 0.29) is 5.54 Å².